The van der Waals surface area contributed by atoms with E-state index in [0.29, 0.717) is 24.9 Å². The first kappa shape index (κ1) is 16.9. The van der Waals surface area contributed by atoms with Crippen molar-refractivity contribution in [2.75, 3.05) is 6.54 Å². The number of nitrogens with two attached hydrogens (primary N) is 1. The highest BCUT2D eigenvalue weighted by Gasteiger charge is 2.07. The molecule has 7 nitrogen and oxygen atoms in total. The molecule has 0 spiro atoms. The minimum atomic E-state index is -3.67. The quantitative estimate of drug-likeness (QED) is 0.661. The number of sulfonamides is 1. The minimum Gasteiger partial charge on any atom is -0.352 e. The fourth-order valence-electron chi connectivity index (χ4n) is 1.99. The van der Waals surface area contributed by atoms with Crippen molar-refractivity contribution in [3.05, 3.63) is 64.1 Å². The van der Waals surface area contributed by atoms with Crippen LogP contribution in [0.3, 0.4) is 0 Å². The Kier molecular flexibility index (Phi) is 5.30. The summed E-state index contributed by atoms with van der Waals surface area (Å²) in [5.74, 6) is -0.258. The lowest BCUT2D eigenvalue weighted by Crippen LogP contribution is -2.25. The van der Waals surface area contributed by atoms with Crippen molar-refractivity contribution in [2.24, 2.45) is 5.14 Å². The number of hydrogen-bond donors (Lipinski definition) is 3. The second-order valence-electron chi connectivity index (χ2n) is 4.99. The molecule has 0 aliphatic heterocycles. The Balaban J connectivity index is 1.80. The third-order valence-electron chi connectivity index (χ3n) is 3.23. The zero-order chi connectivity index (χ0) is 16.9. The summed E-state index contributed by atoms with van der Waals surface area (Å²) in [6, 6.07) is 9.07. The second kappa shape index (κ2) is 7.21. The third kappa shape index (κ3) is 5.04. The van der Waals surface area contributed by atoms with E-state index in [1.807, 2.05) is 0 Å². The minimum absolute atomic E-state index is 0.0765. The smallest absolute Gasteiger partial charge is 0.252 e. The predicted octanol–water partition coefficient (Wildman–Crippen LogP) is 0.385. The van der Waals surface area contributed by atoms with Crippen molar-refractivity contribution in [2.45, 2.75) is 17.7 Å². The van der Waals surface area contributed by atoms with Crippen LogP contribution in [-0.2, 0) is 16.4 Å². The van der Waals surface area contributed by atoms with Gasteiger partial charge in [0.2, 0.25) is 15.6 Å². The number of aromatic nitrogens is 1. The Labute approximate surface area is 133 Å². The molecule has 0 aliphatic carbocycles. The monoisotopic (exact) mass is 335 g/mol. The van der Waals surface area contributed by atoms with Gasteiger partial charge in [-0.3, -0.25) is 9.59 Å². The van der Waals surface area contributed by atoms with Gasteiger partial charge in [-0.25, -0.2) is 13.6 Å². The lowest BCUT2D eigenvalue weighted by Gasteiger charge is -2.06. The van der Waals surface area contributed by atoms with Crippen LogP contribution in [0.4, 0.5) is 0 Å². The highest BCUT2D eigenvalue weighted by atomic mass is 32.2. The molecule has 0 unspecified atom stereocenters. The Bertz CT molecular complexity index is 821. The molecule has 0 bridgehead atoms. The van der Waals surface area contributed by atoms with Gasteiger partial charge in [0.25, 0.3) is 5.91 Å². The normalized spacial score (nSPS) is 11.2. The first-order chi connectivity index (χ1) is 10.9. The standard InChI is InChI=1S/C15H17N3O4S/c16-23(21,22)13-6-3-11(4-7-13)2-1-9-17-15(20)12-5-8-14(19)18-10-12/h3-8,10H,1-2,9H2,(H,17,20)(H,18,19)(H2,16,21,22). The number of H-pyrrole nitrogens is 1. The number of rotatable bonds is 6. The van der Waals surface area contributed by atoms with E-state index in [2.05, 4.69) is 10.3 Å². The molecule has 0 saturated heterocycles. The summed E-state index contributed by atoms with van der Waals surface area (Å²) in [5.41, 5.74) is 1.09. The Morgan fingerprint density at radius 3 is 2.39 bits per heavy atom. The number of aromatic amines is 1. The van der Waals surface area contributed by atoms with Crippen molar-refractivity contribution in [1.29, 1.82) is 0 Å². The van der Waals surface area contributed by atoms with Crippen molar-refractivity contribution in [3.63, 3.8) is 0 Å². The molecule has 2 rings (SSSR count). The van der Waals surface area contributed by atoms with Gasteiger partial charge in [0.05, 0.1) is 10.5 Å². The summed E-state index contributed by atoms with van der Waals surface area (Å²) >= 11 is 0. The Morgan fingerprint density at radius 1 is 1.13 bits per heavy atom. The molecular formula is C15H17N3O4S. The number of carbonyl (C=O) groups is 1. The molecule has 1 aromatic carbocycles. The van der Waals surface area contributed by atoms with Crippen molar-refractivity contribution >= 4 is 15.9 Å². The van der Waals surface area contributed by atoms with Crippen LogP contribution in [0.1, 0.15) is 22.3 Å². The van der Waals surface area contributed by atoms with E-state index < -0.39 is 10.0 Å². The SMILES string of the molecule is NS(=O)(=O)c1ccc(CCCNC(=O)c2ccc(=O)[nH]c2)cc1. The molecular weight excluding hydrogens is 318 g/mol. The maximum absolute atomic E-state index is 11.8. The topological polar surface area (TPSA) is 122 Å². The predicted molar refractivity (Wildman–Crippen MR) is 85.5 cm³/mol. The van der Waals surface area contributed by atoms with Gasteiger partial charge in [-0.05, 0) is 36.6 Å². The summed E-state index contributed by atoms with van der Waals surface area (Å²) in [6.07, 6.45) is 2.75. The van der Waals surface area contributed by atoms with Gasteiger partial charge in [-0.2, -0.15) is 0 Å². The van der Waals surface area contributed by atoms with Crippen molar-refractivity contribution in [1.82, 2.24) is 10.3 Å². The number of hydrogen-bond acceptors (Lipinski definition) is 4. The summed E-state index contributed by atoms with van der Waals surface area (Å²) in [6.45, 7) is 0.467. The fourth-order valence-corrected chi connectivity index (χ4v) is 2.51. The van der Waals surface area contributed by atoms with Crippen LogP contribution < -0.4 is 16.0 Å². The highest BCUT2D eigenvalue weighted by molar-refractivity contribution is 7.89. The molecule has 23 heavy (non-hydrogen) atoms. The number of carbonyl (C=O) groups excluding carboxylic acids is 1. The molecule has 0 fully saturated rings. The summed E-state index contributed by atoms with van der Waals surface area (Å²) in [7, 11) is -3.67. The molecule has 1 amide bonds. The van der Waals surface area contributed by atoms with Crippen LogP contribution in [0, 0.1) is 0 Å². The van der Waals surface area contributed by atoms with E-state index in [9.17, 15) is 18.0 Å². The molecule has 0 saturated carbocycles. The average Bonchev–Trinajstić information content (AvgIpc) is 2.51. The lowest BCUT2D eigenvalue weighted by molar-refractivity contribution is 0.0953. The molecule has 0 aliphatic rings. The summed E-state index contributed by atoms with van der Waals surface area (Å²) < 4.78 is 22.3. The van der Waals surface area contributed by atoms with Crippen LogP contribution in [0.15, 0.2) is 52.3 Å². The number of amides is 1. The molecule has 8 heteroatoms. The van der Waals surface area contributed by atoms with E-state index in [0.717, 1.165) is 5.56 Å². The molecule has 1 heterocycles. The number of primary sulfonamides is 1. The second-order valence-corrected chi connectivity index (χ2v) is 6.55. The third-order valence-corrected chi connectivity index (χ3v) is 4.16. The van der Waals surface area contributed by atoms with Crippen molar-refractivity contribution < 1.29 is 13.2 Å². The zero-order valence-corrected chi connectivity index (χ0v) is 13.1. The maximum Gasteiger partial charge on any atom is 0.252 e. The van der Waals surface area contributed by atoms with Crippen LogP contribution >= 0.6 is 0 Å². The fraction of sp³-hybridized carbons (Fsp3) is 0.200. The zero-order valence-electron chi connectivity index (χ0n) is 12.3. The number of pyridine rings is 1. The molecule has 122 valence electrons. The van der Waals surface area contributed by atoms with Gasteiger partial charge in [-0.1, -0.05) is 12.1 Å². The van der Waals surface area contributed by atoms with Crippen LogP contribution in [-0.4, -0.2) is 25.9 Å². The van der Waals surface area contributed by atoms with Crippen LogP contribution in [0.5, 0.6) is 0 Å². The Morgan fingerprint density at radius 2 is 1.83 bits per heavy atom. The van der Waals surface area contributed by atoms with Crippen LogP contribution in [0.2, 0.25) is 0 Å². The van der Waals surface area contributed by atoms with Crippen LogP contribution in [0.25, 0.3) is 0 Å². The first-order valence-electron chi connectivity index (χ1n) is 6.95. The van der Waals surface area contributed by atoms with E-state index in [1.165, 1.54) is 30.5 Å². The van der Waals surface area contributed by atoms with E-state index in [-0.39, 0.29) is 16.4 Å². The highest BCUT2D eigenvalue weighted by Crippen LogP contribution is 2.10. The molecule has 1 aromatic heterocycles. The van der Waals surface area contributed by atoms with E-state index in [1.54, 1.807) is 12.1 Å². The molecule has 2 aromatic rings. The van der Waals surface area contributed by atoms with Crippen molar-refractivity contribution in [3.8, 4) is 0 Å². The average molecular weight is 335 g/mol. The number of aryl methyl sites for hydroxylation is 1. The largest absolute Gasteiger partial charge is 0.352 e. The molecule has 0 radical (unpaired) electrons. The van der Waals surface area contributed by atoms with Gasteiger partial charge in [0.1, 0.15) is 0 Å². The lowest BCUT2D eigenvalue weighted by atomic mass is 10.1. The number of nitrogens with one attached hydrogen (secondary N) is 2. The molecule has 0 atom stereocenters. The van der Waals surface area contributed by atoms with Gasteiger partial charge >= 0.3 is 0 Å². The molecule has 4 N–H and O–H groups in total. The van der Waals surface area contributed by atoms with Gasteiger partial charge < -0.3 is 10.3 Å². The Hall–Kier alpha value is -2.45. The maximum atomic E-state index is 11.8. The van der Waals surface area contributed by atoms with Gasteiger partial charge in [-0.15, -0.1) is 0 Å². The van der Waals surface area contributed by atoms with Gasteiger partial charge in [0, 0.05) is 18.8 Å². The van der Waals surface area contributed by atoms with E-state index >= 15 is 0 Å². The van der Waals surface area contributed by atoms with E-state index in [4.69, 9.17) is 5.14 Å². The first-order valence-corrected chi connectivity index (χ1v) is 8.49. The summed E-state index contributed by atoms with van der Waals surface area (Å²) in [4.78, 5) is 25.2. The summed E-state index contributed by atoms with van der Waals surface area (Å²) in [5, 5.41) is 7.78. The number of benzene rings is 1. The van der Waals surface area contributed by atoms with Gasteiger partial charge in [0.15, 0.2) is 0 Å².